The third-order valence-electron chi connectivity index (χ3n) is 3.21. The molecule has 0 fully saturated rings. The van der Waals surface area contributed by atoms with Gasteiger partial charge in [0.2, 0.25) is 0 Å². The van der Waals surface area contributed by atoms with Crippen LogP contribution in [0.25, 0.3) is 0 Å². The molecule has 0 radical (unpaired) electrons. The molecule has 2 heterocycles. The van der Waals surface area contributed by atoms with E-state index in [1.54, 1.807) is 0 Å². The second-order valence-electron chi connectivity index (χ2n) is 6.09. The SMILES string of the molecule is CN(C)CC(C)(C)Cn1cnc2c1CCNC2. The Morgan fingerprint density at radius 2 is 2.24 bits per heavy atom. The van der Waals surface area contributed by atoms with Crippen molar-refractivity contribution in [2.45, 2.75) is 33.4 Å². The fourth-order valence-corrected chi connectivity index (χ4v) is 2.80. The van der Waals surface area contributed by atoms with Crippen molar-refractivity contribution in [3.63, 3.8) is 0 Å². The first-order chi connectivity index (χ1) is 7.98. The van der Waals surface area contributed by atoms with Gasteiger partial charge >= 0.3 is 0 Å². The normalized spacial score (nSPS) is 16.3. The topological polar surface area (TPSA) is 33.1 Å². The molecule has 0 aliphatic carbocycles. The molecule has 0 bridgehead atoms. The second-order valence-corrected chi connectivity index (χ2v) is 6.09. The van der Waals surface area contributed by atoms with Gasteiger partial charge in [0, 0.05) is 38.3 Å². The maximum atomic E-state index is 4.51. The molecule has 1 aliphatic rings. The lowest BCUT2D eigenvalue weighted by Crippen LogP contribution is -2.33. The lowest BCUT2D eigenvalue weighted by Gasteiger charge is -2.29. The van der Waals surface area contributed by atoms with Gasteiger partial charge in [0.15, 0.2) is 0 Å². The van der Waals surface area contributed by atoms with Crippen LogP contribution in [0.1, 0.15) is 25.2 Å². The first-order valence-electron chi connectivity index (χ1n) is 6.36. The lowest BCUT2D eigenvalue weighted by atomic mass is 9.92. The van der Waals surface area contributed by atoms with Crippen LogP contribution in [0.3, 0.4) is 0 Å². The molecule has 17 heavy (non-hydrogen) atoms. The van der Waals surface area contributed by atoms with Crippen LogP contribution in [0.5, 0.6) is 0 Å². The Balaban J connectivity index is 2.10. The molecule has 1 N–H and O–H groups in total. The zero-order chi connectivity index (χ0) is 12.5. The summed E-state index contributed by atoms with van der Waals surface area (Å²) in [6, 6.07) is 0. The number of hydrogen-bond donors (Lipinski definition) is 1. The number of hydrogen-bond acceptors (Lipinski definition) is 3. The van der Waals surface area contributed by atoms with Crippen molar-refractivity contribution < 1.29 is 0 Å². The van der Waals surface area contributed by atoms with Crippen molar-refractivity contribution in [3.05, 3.63) is 17.7 Å². The minimum atomic E-state index is 0.281. The molecule has 4 nitrogen and oxygen atoms in total. The lowest BCUT2D eigenvalue weighted by molar-refractivity contribution is 0.209. The maximum Gasteiger partial charge on any atom is 0.0952 e. The molecule has 1 aromatic heterocycles. The molecule has 1 aliphatic heterocycles. The number of imidazole rings is 1. The molecule has 0 saturated heterocycles. The molecule has 1 aromatic rings. The second kappa shape index (κ2) is 4.78. The summed E-state index contributed by atoms with van der Waals surface area (Å²) >= 11 is 0. The summed E-state index contributed by atoms with van der Waals surface area (Å²) in [5, 5.41) is 3.37. The van der Waals surface area contributed by atoms with Gasteiger partial charge in [0.05, 0.1) is 12.0 Å². The van der Waals surface area contributed by atoms with Crippen molar-refractivity contribution in [1.29, 1.82) is 0 Å². The molecule has 0 atom stereocenters. The van der Waals surface area contributed by atoms with E-state index in [0.29, 0.717) is 0 Å². The van der Waals surface area contributed by atoms with Gasteiger partial charge in [0.1, 0.15) is 0 Å². The van der Waals surface area contributed by atoms with Gasteiger partial charge in [-0.1, -0.05) is 13.8 Å². The molecule has 0 unspecified atom stereocenters. The van der Waals surface area contributed by atoms with Crippen LogP contribution < -0.4 is 5.32 Å². The number of rotatable bonds is 4. The van der Waals surface area contributed by atoms with Gasteiger partial charge in [-0.05, 0) is 19.5 Å². The molecule has 96 valence electrons. The van der Waals surface area contributed by atoms with E-state index in [0.717, 1.165) is 32.6 Å². The van der Waals surface area contributed by atoms with E-state index in [2.05, 4.69) is 47.7 Å². The van der Waals surface area contributed by atoms with Gasteiger partial charge in [0.25, 0.3) is 0 Å². The summed E-state index contributed by atoms with van der Waals surface area (Å²) in [7, 11) is 4.27. The van der Waals surface area contributed by atoms with Crippen molar-refractivity contribution in [3.8, 4) is 0 Å². The first-order valence-corrected chi connectivity index (χ1v) is 6.36. The van der Waals surface area contributed by atoms with E-state index in [1.807, 2.05) is 6.33 Å². The number of nitrogens with zero attached hydrogens (tertiary/aromatic N) is 3. The molecular weight excluding hydrogens is 212 g/mol. The summed E-state index contributed by atoms with van der Waals surface area (Å²) in [5.74, 6) is 0. The molecule has 0 spiro atoms. The van der Waals surface area contributed by atoms with Crippen molar-refractivity contribution in [1.82, 2.24) is 19.8 Å². The van der Waals surface area contributed by atoms with Crippen LogP contribution in [-0.2, 0) is 19.5 Å². The molecule has 0 aromatic carbocycles. The van der Waals surface area contributed by atoms with Crippen molar-refractivity contribution in [2.75, 3.05) is 27.2 Å². The Morgan fingerprint density at radius 1 is 1.47 bits per heavy atom. The summed E-state index contributed by atoms with van der Waals surface area (Å²) < 4.78 is 2.35. The third-order valence-corrected chi connectivity index (χ3v) is 3.21. The third kappa shape index (κ3) is 3.07. The molecule has 2 rings (SSSR count). The smallest absolute Gasteiger partial charge is 0.0952 e. The van der Waals surface area contributed by atoms with Crippen molar-refractivity contribution >= 4 is 0 Å². The average Bonchev–Trinajstić information content (AvgIpc) is 2.59. The number of fused-ring (bicyclic) bond motifs is 1. The Bertz CT molecular complexity index is 379. The Kier molecular flexibility index (Phi) is 3.54. The van der Waals surface area contributed by atoms with Gasteiger partial charge in [-0.15, -0.1) is 0 Å². The fraction of sp³-hybridized carbons (Fsp3) is 0.769. The highest BCUT2D eigenvalue weighted by atomic mass is 15.1. The molecular formula is C13H24N4. The Labute approximate surface area is 104 Å². The number of aromatic nitrogens is 2. The van der Waals surface area contributed by atoms with Gasteiger partial charge in [-0.2, -0.15) is 0 Å². The minimum Gasteiger partial charge on any atom is -0.334 e. The van der Waals surface area contributed by atoms with Crippen LogP contribution in [0.15, 0.2) is 6.33 Å². The summed E-state index contributed by atoms with van der Waals surface area (Å²) in [6.07, 6.45) is 3.11. The number of nitrogens with one attached hydrogen (secondary N) is 1. The van der Waals surface area contributed by atoms with E-state index >= 15 is 0 Å². The largest absolute Gasteiger partial charge is 0.334 e. The Hall–Kier alpha value is -0.870. The molecule has 4 heteroatoms. The zero-order valence-electron chi connectivity index (χ0n) is 11.5. The van der Waals surface area contributed by atoms with E-state index in [-0.39, 0.29) is 5.41 Å². The fourth-order valence-electron chi connectivity index (χ4n) is 2.80. The highest BCUT2D eigenvalue weighted by molar-refractivity contribution is 5.16. The van der Waals surface area contributed by atoms with Gasteiger partial charge in [-0.25, -0.2) is 4.98 Å². The zero-order valence-corrected chi connectivity index (χ0v) is 11.5. The quantitative estimate of drug-likeness (QED) is 0.850. The Morgan fingerprint density at radius 3 is 2.94 bits per heavy atom. The summed E-state index contributed by atoms with van der Waals surface area (Å²) in [6.45, 7) is 8.79. The molecule has 0 amide bonds. The van der Waals surface area contributed by atoms with Crippen LogP contribution in [-0.4, -0.2) is 41.6 Å². The first kappa shape index (κ1) is 12.6. The van der Waals surface area contributed by atoms with E-state index in [1.165, 1.54) is 11.4 Å². The van der Waals surface area contributed by atoms with Crippen molar-refractivity contribution in [2.24, 2.45) is 5.41 Å². The van der Waals surface area contributed by atoms with Crippen LogP contribution in [0.4, 0.5) is 0 Å². The summed E-state index contributed by atoms with van der Waals surface area (Å²) in [5.41, 5.74) is 2.94. The highest BCUT2D eigenvalue weighted by Gasteiger charge is 2.23. The van der Waals surface area contributed by atoms with Crippen LogP contribution in [0.2, 0.25) is 0 Å². The predicted octanol–water partition coefficient (Wildman–Crippen LogP) is 1.12. The van der Waals surface area contributed by atoms with Crippen LogP contribution >= 0.6 is 0 Å². The maximum absolute atomic E-state index is 4.51. The highest BCUT2D eigenvalue weighted by Crippen LogP contribution is 2.22. The minimum absolute atomic E-state index is 0.281. The standard InChI is InChI=1S/C13H24N4/c1-13(2,8-16(3)4)9-17-10-15-11-7-14-6-5-12(11)17/h10,14H,5-9H2,1-4H3. The molecule has 0 saturated carbocycles. The van der Waals surface area contributed by atoms with E-state index < -0.39 is 0 Å². The monoisotopic (exact) mass is 236 g/mol. The van der Waals surface area contributed by atoms with Gasteiger partial charge < -0.3 is 14.8 Å². The predicted molar refractivity (Wildman–Crippen MR) is 70.0 cm³/mol. The summed E-state index contributed by atoms with van der Waals surface area (Å²) in [4.78, 5) is 6.76. The van der Waals surface area contributed by atoms with Gasteiger partial charge in [-0.3, -0.25) is 0 Å². The average molecular weight is 236 g/mol. The van der Waals surface area contributed by atoms with Crippen LogP contribution in [0, 0.1) is 5.41 Å². The van der Waals surface area contributed by atoms with E-state index in [4.69, 9.17) is 0 Å². The van der Waals surface area contributed by atoms with E-state index in [9.17, 15) is 0 Å².